The van der Waals surface area contributed by atoms with Crippen LogP contribution in [-0.2, 0) is 10.5 Å². The molecule has 24 heavy (non-hydrogen) atoms. The summed E-state index contributed by atoms with van der Waals surface area (Å²) in [6, 6.07) is 4.12. The number of aromatic nitrogens is 4. The number of nitrogens with zero attached hydrogens (tertiary/aromatic N) is 4. The fraction of sp³-hybridized carbons (Fsp3) is 0.438. The Bertz CT molecular complexity index is 825. The summed E-state index contributed by atoms with van der Waals surface area (Å²) in [5.41, 5.74) is 3.26. The van der Waals surface area contributed by atoms with Crippen molar-refractivity contribution in [3.63, 3.8) is 0 Å². The Morgan fingerprint density at radius 3 is 3.21 bits per heavy atom. The monoisotopic (exact) mass is 361 g/mol. The van der Waals surface area contributed by atoms with Gasteiger partial charge in [-0.1, -0.05) is 29.2 Å². The van der Waals surface area contributed by atoms with Crippen LogP contribution in [0.4, 0.5) is 5.13 Å². The Morgan fingerprint density at radius 2 is 2.33 bits per heavy atom. The van der Waals surface area contributed by atoms with Gasteiger partial charge in [0.25, 0.3) is 0 Å². The van der Waals surface area contributed by atoms with E-state index < -0.39 is 0 Å². The quantitative estimate of drug-likeness (QED) is 0.679. The minimum Gasteiger partial charge on any atom is -0.376 e. The molecule has 1 aliphatic heterocycles. The first-order chi connectivity index (χ1) is 11.8. The summed E-state index contributed by atoms with van der Waals surface area (Å²) in [7, 11) is 0. The van der Waals surface area contributed by atoms with Crippen LogP contribution in [0.2, 0.25) is 0 Å². The van der Waals surface area contributed by atoms with Crippen LogP contribution in [0, 0.1) is 6.92 Å². The third-order valence-corrected chi connectivity index (χ3v) is 5.95. The highest BCUT2D eigenvalue weighted by atomic mass is 32.2. The number of pyridine rings is 1. The average Bonchev–Trinajstić information content (AvgIpc) is 3.31. The third-order valence-electron chi connectivity index (χ3n) is 3.90. The van der Waals surface area contributed by atoms with Crippen molar-refractivity contribution in [1.82, 2.24) is 19.6 Å². The number of imidazole rings is 1. The van der Waals surface area contributed by atoms with Gasteiger partial charge in [-0.3, -0.25) is 0 Å². The molecule has 0 bridgehead atoms. The number of rotatable bonds is 6. The SMILES string of the molecule is Cc1ccc2nc(CSc3nnc(NCC4CCCO4)s3)cn2c1. The van der Waals surface area contributed by atoms with E-state index in [-0.39, 0.29) is 0 Å². The van der Waals surface area contributed by atoms with E-state index in [2.05, 4.69) is 50.3 Å². The summed E-state index contributed by atoms with van der Waals surface area (Å²) < 4.78 is 8.63. The number of thioether (sulfide) groups is 1. The fourth-order valence-electron chi connectivity index (χ4n) is 2.71. The molecule has 1 aliphatic rings. The molecule has 0 spiro atoms. The number of nitrogens with one attached hydrogen (secondary N) is 1. The Morgan fingerprint density at radius 1 is 1.38 bits per heavy atom. The van der Waals surface area contributed by atoms with Crippen LogP contribution < -0.4 is 5.32 Å². The zero-order chi connectivity index (χ0) is 16.4. The average molecular weight is 361 g/mol. The molecular formula is C16H19N5OS2. The minimum absolute atomic E-state index is 0.312. The van der Waals surface area contributed by atoms with Gasteiger partial charge in [0, 0.05) is 31.3 Å². The lowest BCUT2D eigenvalue weighted by molar-refractivity contribution is 0.120. The zero-order valence-electron chi connectivity index (χ0n) is 13.4. The van der Waals surface area contributed by atoms with Gasteiger partial charge in [-0.05, 0) is 31.4 Å². The second-order valence-electron chi connectivity index (χ2n) is 5.88. The molecule has 1 saturated heterocycles. The molecule has 126 valence electrons. The van der Waals surface area contributed by atoms with E-state index in [0.717, 1.165) is 52.6 Å². The molecule has 0 radical (unpaired) electrons. The van der Waals surface area contributed by atoms with Crippen LogP contribution in [0.5, 0.6) is 0 Å². The number of hydrogen-bond acceptors (Lipinski definition) is 7. The van der Waals surface area contributed by atoms with Crippen LogP contribution in [0.15, 0.2) is 28.9 Å². The summed E-state index contributed by atoms with van der Waals surface area (Å²) >= 11 is 3.25. The maximum Gasteiger partial charge on any atom is 0.206 e. The lowest BCUT2D eigenvalue weighted by Gasteiger charge is -2.08. The number of hydrogen-bond donors (Lipinski definition) is 1. The van der Waals surface area contributed by atoms with Gasteiger partial charge in [0.2, 0.25) is 5.13 Å². The first-order valence-electron chi connectivity index (χ1n) is 8.02. The van der Waals surface area contributed by atoms with Gasteiger partial charge in [-0.25, -0.2) is 4.98 Å². The first-order valence-corrected chi connectivity index (χ1v) is 9.82. The molecule has 3 aromatic heterocycles. The minimum atomic E-state index is 0.312. The van der Waals surface area contributed by atoms with E-state index in [4.69, 9.17) is 4.74 Å². The molecule has 0 aliphatic carbocycles. The second kappa shape index (κ2) is 7.08. The Hall–Kier alpha value is -1.64. The molecule has 3 aromatic rings. The van der Waals surface area contributed by atoms with Gasteiger partial charge in [0.1, 0.15) is 5.65 Å². The van der Waals surface area contributed by atoms with Crippen molar-refractivity contribution in [3.8, 4) is 0 Å². The highest BCUT2D eigenvalue weighted by Gasteiger charge is 2.16. The summed E-state index contributed by atoms with van der Waals surface area (Å²) in [4.78, 5) is 4.63. The molecule has 4 heterocycles. The van der Waals surface area contributed by atoms with Crippen LogP contribution in [0.1, 0.15) is 24.1 Å². The van der Waals surface area contributed by atoms with E-state index >= 15 is 0 Å². The van der Waals surface area contributed by atoms with Gasteiger partial charge in [0.15, 0.2) is 4.34 Å². The Labute approximate surface area is 148 Å². The Balaban J connectivity index is 1.33. The normalized spacial score (nSPS) is 17.6. The predicted molar refractivity (Wildman–Crippen MR) is 96.9 cm³/mol. The summed E-state index contributed by atoms with van der Waals surface area (Å²) in [6.07, 6.45) is 6.76. The van der Waals surface area contributed by atoms with E-state index in [1.54, 1.807) is 23.1 Å². The van der Waals surface area contributed by atoms with Gasteiger partial charge < -0.3 is 14.5 Å². The molecule has 0 aromatic carbocycles. The molecule has 1 unspecified atom stereocenters. The van der Waals surface area contributed by atoms with Gasteiger partial charge in [0.05, 0.1) is 11.8 Å². The number of aryl methyl sites for hydroxylation is 1. The van der Waals surface area contributed by atoms with E-state index in [9.17, 15) is 0 Å². The highest BCUT2D eigenvalue weighted by Crippen LogP contribution is 2.28. The van der Waals surface area contributed by atoms with Crippen molar-refractivity contribution in [2.45, 2.75) is 36.0 Å². The van der Waals surface area contributed by atoms with Crippen molar-refractivity contribution >= 4 is 33.9 Å². The molecule has 4 rings (SSSR count). The summed E-state index contributed by atoms with van der Waals surface area (Å²) in [5, 5.41) is 12.6. The molecule has 1 fully saturated rings. The molecule has 1 atom stereocenters. The molecule has 0 amide bonds. The number of ether oxygens (including phenoxy) is 1. The molecule has 8 heteroatoms. The lowest BCUT2D eigenvalue weighted by atomic mass is 10.2. The summed E-state index contributed by atoms with van der Waals surface area (Å²) in [6.45, 7) is 3.77. The predicted octanol–water partition coefficient (Wildman–Crippen LogP) is 3.38. The van der Waals surface area contributed by atoms with Crippen LogP contribution in [0.3, 0.4) is 0 Å². The second-order valence-corrected chi connectivity index (χ2v) is 8.08. The van der Waals surface area contributed by atoms with Crippen LogP contribution >= 0.6 is 23.1 Å². The van der Waals surface area contributed by atoms with Crippen molar-refractivity contribution in [1.29, 1.82) is 0 Å². The topological polar surface area (TPSA) is 64.3 Å². The third kappa shape index (κ3) is 3.71. The van der Waals surface area contributed by atoms with Crippen LogP contribution in [0.25, 0.3) is 5.65 Å². The summed E-state index contributed by atoms with van der Waals surface area (Å²) in [5.74, 6) is 0.793. The molecule has 6 nitrogen and oxygen atoms in total. The fourth-order valence-corrected chi connectivity index (χ4v) is 4.35. The number of fused-ring (bicyclic) bond motifs is 1. The van der Waals surface area contributed by atoms with E-state index in [1.807, 2.05) is 6.07 Å². The van der Waals surface area contributed by atoms with Gasteiger partial charge >= 0.3 is 0 Å². The van der Waals surface area contributed by atoms with Gasteiger partial charge in [-0.2, -0.15) is 0 Å². The first kappa shape index (κ1) is 15.9. The van der Waals surface area contributed by atoms with Crippen molar-refractivity contribution < 1.29 is 4.74 Å². The maximum atomic E-state index is 5.60. The maximum absolute atomic E-state index is 5.60. The smallest absolute Gasteiger partial charge is 0.206 e. The standard InChI is InChI=1S/C16H19N5OS2/c1-11-4-5-14-18-12(9-21(14)8-11)10-23-16-20-19-15(24-16)17-7-13-3-2-6-22-13/h4-5,8-9,13H,2-3,6-7,10H2,1H3,(H,17,19). The van der Waals surface area contributed by atoms with Crippen molar-refractivity contribution in [2.75, 3.05) is 18.5 Å². The van der Waals surface area contributed by atoms with Crippen LogP contribution in [-0.4, -0.2) is 38.8 Å². The van der Waals surface area contributed by atoms with E-state index in [0.29, 0.717) is 6.10 Å². The van der Waals surface area contributed by atoms with Crippen molar-refractivity contribution in [2.24, 2.45) is 0 Å². The molecular weight excluding hydrogens is 342 g/mol. The lowest BCUT2D eigenvalue weighted by Crippen LogP contribution is -2.18. The number of anilines is 1. The molecule has 0 saturated carbocycles. The largest absolute Gasteiger partial charge is 0.376 e. The Kier molecular flexibility index (Phi) is 4.68. The van der Waals surface area contributed by atoms with E-state index in [1.165, 1.54) is 5.56 Å². The highest BCUT2D eigenvalue weighted by molar-refractivity contribution is 8.00. The van der Waals surface area contributed by atoms with Gasteiger partial charge in [-0.15, -0.1) is 10.2 Å². The molecule has 1 N–H and O–H groups in total. The van der Waals surface area contributed by atoms with Crippen molar-refractivity contribution in [3.05, 3.63) is 35.8 Å². The zero-order valence-corrected chi connectivity index (χ0v) is 15.1.